The quantitative estimate of drug-likeness (QED) is 0.0479. The third-order valence-electron chi connectivity index (χ3n) is 24.9. The number of nitrogens with zero attached hydrogens (tertiary/aromatic N) is 18. The van der Waals surface area contributed by atoms with Crippen molar-refractivity contribution in [3.63, 3.8) is 0 Å². The van der Waals surface area contributed by atoms with Crippen molar-refractivity contribution in [1.82, 2.24) is 86.8 Å². The van der Waals surface area contributed by atoms with Crippen LogP contribution in [0.3, 0.4) is 0 Å². The van der Waals surface area contributed by atoms with E-state index in [1.807, 2.05) is 250 Å². The molecule has 138 heavy (non-hydrogen) atoms. The highest BCUT2D eigenvalue weighted by Crippen LogP contribution is 2.32. The van der Waals surface area contributed by atoms with E-state index in [1.54, 1.807) is 48.5 Å². The maximum absolute atomic E-state index is 13.3. The smallest absolute Gasteiger partial charge is 0.270 e. The van der Waals surface area contributed by atoms with Gasteiger partial charge in [0.2, 0.25) is 29.4 Å². The molecule has 0 aliphatic carbocycles. The zero-order chi connectivity index (χ0) is 96.2. The van der Waals surface area contributed by atoms with Crippen LogP contribution >= 0.6 is 0 Å². The van der Waals surface area contributed by atoms with Gasteiger partial charge in [-0.3, -0.25) is 47.4 Å². The summed E-state index contributed by atoms with van der Waals surface area (Å²) >= 11 is 0. The van der Waals surface area contributed by atoms with E-state index in [1.165, 1.54) is 60.7 Å². The number of carbonyl (C=O) groups is 5. The number of hydrogen-bond acceptors (Lipinski definition) is 15. The number of para-hydroxylation sites is 1. The number of fused-ring (bicyclic) bond motifs is 6. The molecule has 33 heteroatoms. The number of benzene rings is 7. The highest BCUT2D eigenvalue weighted by molar-refractivity contribution is 6.07. The summed E-state index contributed by atoms with van der Waals surface area (Å²) in [6.45, 7) is 14.8. The number of rotatable bonds is 21. The summed E-state index contributed by atoms with van der Waals surface area (Å²) in [5.74, 6) is 1.24. The number of amides is 4. The molecular formula is C105H105F5N18O10. The number of Topliss-reactive ketones (excluding diaryl/α,β-unsaturated/α-hetero) is 1. The predicted molar refractivity (Wildman–Crippen MR) is 504 cm³/mol. The lowest BCUT2D eigenvalue weighted by atomic mass is 9.90. The van der Waals surface area contributed by atoms with E-state index in [9.17, 15) is 45.9 Å². The van der Waals surface area contributed by atoms with Crippen LogP contribution in [0.25, 0.3) is 10.9 Å². The monoisotopic (exact) mass is 1870 g/mol. The number of carbonyl (C=O) groups excluding carboxylic acids is 5. The Balaban J connectivity index is 0.000000119. The fourth-order valence-corrected chi connectivity index (χ4v) is 17.2. The van der Waals surface area contributed by atoms with Crippen molar-refractivity contribution in [3.05, 3.63) is 380 Å². The second-order valence-electron chi connectivity index (χ2n) is 34.9. The Bertz CT molecular complexity index is 7050. The third kappa shape index (κ3) is 23.0. The Morgan fingerprint density at radius 3 is 1.12 bits per heavy atom. The van der Waals surface area contributed by atoms with E-state index in [2.05, 4.69) is 25.5 Å². The molecule has 0 radical (unpaired) electrons. The molecule has 1 atom stereocenters. The molecule has 5 aliphatic heterocycles. The van der Waals surface area contributed by atoms with Gasteiger partial charge in [0.05, 0.1) is 91.8 Å². The summed E-state index contributed by atoms with van der Waals surface area (Å²) in [5, 5.41) is 23.2. The maximum atomic E-state index is 13.3. The van der Waals surface area contributed by atoms with E-state index in [-0.39, 0.29) is 97.5 Å². The van der Waals surface area contributed by atoms with Gasteiger partial charge in [-0.25, -0.2) is 22.0 Å². The van der Waals surface area contributed by atoms with Crippen LogP contribution in [0.5, 0.6) is 29.4 Å². The molecule has 0 saturated heterocycles. The number of aryl methyl sites for hydroxylation is 7. The van der Waals surface area contributed by atoms with Gasteiger partial charge in [-0.05, 0) is 159 Å². The summed E-state index contributed by atoms with van der Waals surface area (Å²) in [6, 6.07) is 64.1. The van der Waals surface area contributed by atoms with Crippen molar-refractivity contribution in [2.24, 2.45) is 34.1 Å². The van der Waals surface area contributed by atoms with Crippen molar-refractivity contribution < 1.29 is 69.6 Å². The molecule has 1 unspecified atom stereocenters. The van der Waals surface area contributed by atoms with E-state index in [0.29, 0.717) is 137 Å². The molecule has 16 aromatic rings. The van der Waals surface area contributed by atoms with Crippen LogP contribution in [0.2, 0.25) is 0 Å². The van der Waals surface area contributed by atoms with Crippen molar-refractivity contribution in [2.75, 3.05) is 26.2 Å². The van der Waals surface area contributed by atoms with Gasteiger partial charge in [-0.2, -0.15) is 0 Å². The molecule has 5 aliphatic rings. The molecule has 0 N–H and O–H groups in total. The molecule has 710 valence electrons. The van der Waals surface area contributed by atoms with Crippen LogP contribution in [-0.2, 0) is 127 Å². The number of ether oxygens (including phenoxy) is 5. The molecule has 0 fully saturated rings. The summed E-state index contributed by atoms with van der Waals surface area (Å²) in [7, 11) is 7.67. The van der Waals surface area contributed by atoms with Crippen LogP contribution in [0.4, 0.5) is 22.0 Å². The first-order valence-electron chi connectivity index (χ1n) is 45.6. The Labute approximate surface area is 793 Å². The molecule has 0 saturated carbocycles. The van der Waals surface area contributed by atoms with Crippen LogP contribution in [0, 0.1) is 55.8 Å². The zero-order valence-electron chi connectivity index (χ0n) is 77.6. The summed E-state index contributed by atoms with van der Waals surface area (Å²) < 4.78 is 112. The first kappa shape index (κ1) is 94.0. The lowest BCUT2D eigenvalue weighted by Crippen LogP contribution is -2.39. The Hall–Kier alpha value is -15.8. The fourth-order valence-electron chi connectivity index (χ4n) is 17.2. The van der Waals surface area contributed by atoms with Crippen LogP contribution < -0.4 is 23.7 Å². The minimum Gasteiger partial charge on any atom is -0.472 e. The zero-order valence-corrected chi connectivity index (χ0v) is 77.6. The van der Waals surface area contributed by atoms with Crippen molar-refractivity contribution in [2.45, 2.75) is 132 Å². The first-order chi connectivity index (χ1) is 66.7. The largest absolute Gasteiger partial charge is 0.472 e. The summed E-state index contributed by atoms with van der Waals surface area (Å²) in [4.78, 5) is 71.6. The van der Waals surface area contributed by atoms with Crippen LogP contribution in [0.15, 0.2) is 249 Å². The minimum absolute atomic E-state index is 0.0141. The first-order valence-corrected chi connectivity index (χ1v) is 45.6. The number of aromatic nitrogens is 14. The lowest BCUT2D eigenvalue weighted by molar-refractivity contribution is 0.0691. The highest BCUT2D eigenvalue weighted by atomic mass is 19.1. The van der Waals surface area contributed by atoms with Gasteiger partial charge in [0, 0.05) is 155 Å². The molecule has 0 spiro atoms. The summed E-state index contributed by atoms with van der Waals surface area (Å²) in [5.41, 5.74) is 16.3. The van der Waals surface area contributed by atoms with Gasteiger partial charge in [0.25, 0.3) is 23.6 Å². The molecule has 21 rings (SSSR count). The molecule has 4 amide bonds. The summed E-state index contributed by atoms with van der Waals surface area (Å²) in [6.07, 6.45) is 9.85. The van der Waals surface area contributed by atoms with Gasteiger partial charge < -0.3 is 61.6 Å². The average Bonchev–Trinajstić information content (AvgIpc) is 1.63. The fraction of sp³-hybridized carbons (Fsp3) is 0.276. The van der Waals surface area contributed by atoms with Crippen molar-refractivity contribution in [1.29, 1.82) is 0 Å². The van der Waals surface area contributed by atoms with Gasteiger partial charge in [-0.15, -0.1) is 25.5 Å². The van der Waals surface area contributed by atoms with Crippen LogP contribution in [-0.4, -0.2) is 142 Å². The van der Waals surface area contributed by atoms with Gasteiger partial charge in [0.15, 0.2) is 5.78 Å². The molecule has 14 heterocycles. The van der Waals surface area contributed by atoms with Crippen molar-refractivity contribution in [3.8, 4) is 29.4 Å². The molecule has 7 aromatic carbocycles. The normalized spacial score (nSPS) is 14.1. The number of hydrogen-bond donors (Lipinski definition) is 0. The van der Waals surface area contributed by atoms with Crippen LogP contribution in [0.1, 0.15) is 138 Å². The van der Waals surface area contributed by atoms with Crippen molar-refractivity contribution >= 4 is 40.3 Å². The maximum Gasteiger partial charge on any atom is 0.270 e. The topological polar surface area (TPSA) is 253 Å². The number of halogens is 5. The van der Waals surface area contributed by atoms with Gasteiger partial charge in [-0.1, -0.05) is 109 Å². The Morgan fingerprint density at radius 2 is 0.739 bits per heavy atom. The Kier molecular flexibility index (Phi) is 28.9. The molecule has 9 aromatic heterocycles. The third-order valence-corrected chi connectivity index (χ3v) is 24.9. The SMILES string of the molecule is Cc1cc(C(=O)N2CCn3nc(OCc4cccc(F)c4)cc3C2)cn1C.Cc1ccc(C(=O)C2CCCn3nc(OCc4cccc(F)c4)cc3C2)cc1.Cc1ccc(C(=O)N2CCn3nc(OCc4cccc(F)c4)cc3C2)n1C.Cn1cc(C(=O)N2CCn3nc(OCc4cccc(F)c4)cc3C2)c2ccccc21.Cn1ccc(C(=O)N2CCn3nc(OCc4cccc(F)c4)cc3C2)c1. The molecule has 28 nitrogen and oxygen atoms in total. The molecule has 0 bridgehead atoms. The van der Waals surface area contributed by atoms with Gasteiger partial charge >= 0.3 is 0 Å². The standard InChI is InChI=1S/C23H21FN4O2.C23H23FN2O2.2C20H21FN4O2.C19H19FN4O2/c1-26-14-20(19-7-2-3-8-21(19)26)23(29)27-9-10-28-18(13-27)12-22(25-28)30-15-16-5-4-6-17(24)11-16;1-16-7-9-18(10-8-16)23(27)19-5-3-11-26-21(13-19)14-22(25-26)28-15-17-4-2-6-20(24)12-17;1-14-8-16(11-23(14)2)20(26)24-6-7-25-18(12-24)10-19(22-25)27-13-15-4-3-5-17(21)9-15;1-14-6-7-18(23(14)2)20(26)24-8-9-25-17(12-24)11-19(22-25)27-13-15-4-3-5-16(21)10-15;1-22-6-5-15(11-22)19(25)23-7-8-24-17(12-23)10-18(21-24)26-13-14-3-2-4-16(20)9-14/h2-8,11-12,14H,9-10,13,15H2,1H3;2,4,6-10,12,14,19H,3,5,11,13,15H2,1H3;3-5,8-11H,6-7,12-13H2,1-2H3;3-7,10-11H,8-9,12-13H2,1-2H3;2-6,9-11H,7-8,12-13H2,1H3. The molecular weight excluding hydrogens is 1770 g/mol. The second-order valence-corrected chi connectivity index (χ2v) is 34.9. The predicted octanol–water partition coefficient (Wildman–Crippen LogP) is 16.9. The second kappa shape index (κ2) is 42.4. The van der Waals surface area contributed by atoms with E-state index in [0.717, 1.165) is 109 Å². The van der Waals surface area contributed by atoms with Gasteiger partial charge in [0.1, 0.15) is 67.8 Å². The van der Waals surface area contributed by atoms with E-state index < -0.39 is 0 Å². The highest BCUT2D eigenvalue weighted by Gasteiger charge is 2.32. The average molecular weight is 1870 g/mol. The lowest BCUT2D eigenvalue weighted by Gasteiger charge is -2.27. The van der Waals surface area contributed by atoms with E-state index in [4.69, 9.17) is 23.7 Å². The Morgan fingerprint density at radius 1 is 0.348 bits per heavy atom. The van der Waals surface area contributed by atoms with E-state index >= 15 is 0 Å². The number of ketones is 1. The minimum atomic E-state index is -0.289.